The van der Waals surface area contributed by atoms with Gasteiger partial charge in [-0.2, -0.15) is 0 Å². The monoisotopic (exact) mass is 341 g/mol. The van der Waals surface area contributed by atoms with Crippen LogP contribution in [0.15, 0.2) is 30.3 Å². The number of hydrogen-bond donors (Lipinski definition) is 1. The minimum Gasteiger partial charge on any atom is -0.338 e. The first-order valence-corrected chi connectivity index (χ1v) is 9.51. The van der Waals surface area contributed by atoms with Gasteiger partial charge in [-0.1, -0.05) is 30.3 Å². The Bertz CT molecular complexity index is 724. The molecule has 0 saturated carbocycles. The molecule has 0 bridgehead atoms. The third kappa shape index (κ3) is 2.87. The third-order valence-corrected chi connectivity index (χ3v) is 6.38. The van der Waals surface area contributed by atoms with Crippen LogP contribution in [0.2, 0.25) is 0 Å². The molecule has 1 aromatic carbocycles. The van der Waals surface area contributed by atoms with Gasteiger partial charge < -0.3 is 10.2 Å². The summed E-state index contributed by atoms with van der Waals surface area (Å²) in [5, 5.41) is 4.43. The molecule has 2 aromatic rings. The molecule has 1 N–H and O–H groups in total. The van der Waals surface area contributed by atoms with E-state index in [9.17, 15) is 4.79 Å². The van der Waals surface area contributed by atoms with E-state index >= 15 is 0 Å². The highest BCUT2D eigenvalue weighted by Crippen LogP contribution is 2.38. The molecular formula is C19H23N3OS. The summed E-state index contributed by atoms with van der Waals surface area (Å²) >= 11 is 1.52. The Morgan fingerprint density at radius 2 is 1.96 bits per heavy atom. The van der Waals surface area contributed by atoms with Crippen LogP contribution in [0, 0.1) is 12.3 Å². The number of nitrogens with one attached hydrogen (secondary N) is 1. The molecule has 0 radical (unpaired) electrons. The van der Waals surface area contributed by atoms with Crippen molar-refractivity contribution >= 4 is 17.2 Å². The summed E-state index contributed by atoms with van der Waals surface area (Å²) in [5.74, 6) is 0.153. The fraction of sp³-hybridized carbons (Fsp3) is 0.474. The number of piperidine rings is 1. The number of likely N-dealkylation sites (tertiary alicyclic amines) is 1. The highest BCUT2D eigenvalue weighted by molar-refractivity contribution is 7.14. The first-order chi connectivity index (χ1) is 11.7. The maximum atomic E-state index is 13.1. The van der Waals surface area contributed by atoms with Crippen LogP contribution >= 0.6 is 11.3 Å². The van der Waals surface area contributed by atoms with Crippen LogP contribution in [-0.4, -0.2) is 42.0 Å². The summed E-state index contributed by atoms with van der Waals surface area (Å²) in [6, 6.07) is 10.0. The molecule has 2 aliphatic rings. The molecule has 1 spiro atoms. The highest BCUT2D eigenvalue weighted by Gasteiger charge is 2.38. The van der Waals surface area contributed by atoms with Gasteiger partial charge in [-0.05, 0) is 38.1 Å². The minimum atomic E-state index is 0.153. The standard InChI is InChI=1S/C19H23N3OS/c1-14-21-16(15-5-3-2-4-6-15)17(24-14)18(23)22-11-8-19(9-12-22)7-10-20-13-19/h2-6,20H,7-13H2,1H3. The number of hydrogen-bond acceptors (Lipinski definition) is 4. The minimum absolute atomic E-state index is 0.153. The number of rotatable bonds is 2. The van der Waals surface area contributed by atoms with Gasteiger partial charge in [0.1, 0.15) is 4.88 Å². The van der Waals surface area contributed by atoms with Crippen LogP contribution in [0.3, 0.4) is 0 Å². The maximum absolute atomic E-state index is 13.1. The first-order valence-electron chi connectivity index (χ1n) is 8.70. The maximum Gasteiger partial charge on any atom is 0.266 e. The molecule has 2 saturated heterocycles. The number of nitrogens with zero attached hydrogens (tertiary/aromatic N) is 2. The lowest BCUT2D eigenvalue weighted by atomic mass is 9.78. The second-order valence-corrected chi connectivity index (χ2v) is 8.20. The van der Waals surface area contributed by atoms with Crippen LogP contribution in [0.5, 0.6) is 0 Å². The van der Waals surface area contributed by atoms with E-state index in [1.54, 1.807) is 0 Å². The molecular weight excluding hydrogens is 318 g/mol. The van der Waals surface area contributed by atoms with Gasteiger partial charge in [0.15, 0.2) is 0 Å². The van der Waals surface area contributed by atoms with Crippen molar-refractivity contribution in [3.63, 3.8) is 0 Å². The fourth-order valence-electron chi connectivity index (χ4n) is 3.91. The third-order valence-electron chi connectivity index (χ3n) is 5.42. The van der Waals surface area contributed by atoms with E-state index in [0.29, 0.717) is 5.41 Å². The molecule has 126 valence electrons. The Hall–Kier alpha value is -1.72. The molecule has 1 amide bonds. The summed E-state index contributed by atoms with van der Waals surface area (Å²) in [4.78, 5) is 20.5. The molecule has 4 nitrogen and oxygen atoms in total. The lowest BCUT2D eigenvalue weighted by molar-refractivity contribution is 0.0613. The summed E-state index contributed by atoms with van der Waals surface area (Å²) < 4.78 is 0. The zero-order valence-corrected chi connectivity index (χ0v) is 14.9. The first kappa shape index (κ1) is 15.8. The van der Waals surface area contributed by atoms with Gasteiger partial charge in [-0.3, -0.25) is 4.79 Å². The summed E-state index contributed by atoms with van der Waals surface area (Å²) in [6.07, 6.45) is 3.48. The predicted molar refractivity (Wildman–Crippen MR) is 97.3 cm³/mol. The summed E-state index contributed by atoms with van der Waals surface area (Å²) in [6.45, 7) is 5.95. The number of thiazole rings is 1. The van der Waals surface area contributed by atoms with E-state index in [-0.39, 0.29) is 5.91 Å². The van der Waals surface area contributed by atoms with E-state index in [4.69, 9.17) is 0 Å². The quantitative estimate of drug-likeness (QED) is 0.911. The van der Waals surface area contributed by atoms with E-state index in [1.807, 2.05) is 42.2 Å². The molecule has 0 atom stereocenters. The van der Waals surface area contributed by atoms with Crippen molar-refractivity contribution in [2.24, 2.45) is 5.41 Å². The molecule has 1 aromatic heterocycles. The number of aryl methyl sites for hydroxylation is 1. The molecule has 0 unspecified atom stereocenters. The van der Waals surface area contributed by atoms with Crippen LogP contribution < -0.4 is 5.32 Å². The molecule has 4 rings (SSSR count). The molecule has 2 aliphatic heterocycles. The van der Waals surface area contributed by atoms with Gasteiger partial charge in [0, 0.05) is 25.2 Å². The van der Waals surface area contributed by atoms with Crippen LogP contribution in [0.1, 0.15) is 33.9 Å². The van der Waals surface area contributed by atoms with Crippen molar-refractivity contribution in [2.75, 3.05) is 26.2 Å². The second-order valence-electron chi connectivity index (χ2n) is 7.00. The van der Waals surface area contributed by atoms with E-state index in [0.717, 1.165) is 60.2 Å². The average Bonchev–Trinajstić information content (AvgIpc) is 3.23. The van der Waals surface area contributed by atoms with Crippen molar-refractivity contribution in [3.8, 4) is 11.3 Å². The van der Waals surface area contributed by atoms with Gasteiger partial charge in [-0.15, -0.1) is 11.3 Å². The van der Waals surface area contributed by atoms with Crippen LogP contribution in [0.25, 0.3) is 11.3 Å². The Morgan fingerprint density at radius 1 is 1.21 bits per heavy atom. The second kappa shape index (κ2) is 6.30. The van der Waals surface area contributed by atoms with Gasteiger partial charge in [-0.25, -0.2) is 4.98 Å². The number of amides is 1. The van der Waals surface area contributed by atoms with Crippen molar-refractivity contribution in [3.05, 3.63) is 40.2 Å². The Morgan fingerprint density at radius 3 is 2.62 bits per heavy atom. The average molecular weight is 341 g/mol. The normalized spacial score (nSPS) is 19.8. The number of carbonyl (C=O) groups excluding carboxylic acids is 1. The molecule has 2 fully saturated rings. The topological polar surface area (TPSA) is 45.2 Å². The Balaban J connectivity index is 1.55. The van der Waals surface area contributed by atoms with Gasteiger partial charge in [0.25, 0.3) is 5.91 Å². The van der Waals surface area contributed by atoms with Crippen molar-refractivity contribution in [1.82, 2.24) is 15.2 Å². The van der Waals surface area contributed by atoms with Crippen molar-refractivity contribution in [1.29, 1.82) is 0 Å². The summed E-state index contributed by atoms with van der Waals surface area (Å²) in [5.41, 5.74) is 2.30. The Labute approximate surface area is 146 Å². The van der Waals surface area contributed by atoms with Crippen LogP contribution in [0.4, 0.5) is 0 Å². The smallest absolute Gasteiger partial charge is 0.266 e. The predicted octanol–water partition coefficient (Wildman–Crippen LogP) is 3.33. The lowest BCUT2D eigenvalue weighted by Crippen LogP contribution is -2.43. The number of aromatic nitrogens is 1. The van der Waals surface area contributed by atoms with E-state index in [1.165, 1.54) is 17.8 Å². The number of carbonyl (C=O) groups is 1. The van der Waals surface area contributed by atoms with E-state index < -0.39 is 0 Å². The van der Waals surface area contributed by atoms with Crippen molar-refractivity contribution < 1.29 is 4.79 Å². The zero-order valence-electron chi connectivity index (χ0n) is 14.0. The van der Waals surface area contributed by atoms with Crippen molar-refractivity contribution in [2.45, 2.75) is 26.2 Å². The molecule has 24 heavy (non-hydrogen) atoms. The Kier molecular flexibility index (Phi) is 4.14. The van der Waals surface area contributed by atoms with Crippen LogP contribution in [-0.2, 0) is 0 Å². The largest absolute Gasteiger partial charge is 0.338 e. The molecule has 3 heterocycles. The SMILES string of the molecule is Cc1nc(-c2ccccc2)c(C(=O)N2CCC3(CCNC3)CC2)s1. The molecule has 0 aliphatic carbocycles. The fourth-order valence-corrected chi connectivity index (χ4v) is 4.82. The van der Waals surface area contributed by atoms with Gasteiger partial charge in [0.2, 0.25) is 0 Å². The lowest BCUT2D eigenvalue weighted by Gasteiger charge is -2.38. The highest BCUT2D eigenvalue weighted by atomic mass is 32.1. The van der Waals surface area contributed by atoms with Gasteiger partial charge >= 0.3 is 0 Å². The number of benzene rings is 1. The van der Waals surface area contributed by atoms with Gasteiger partial charge in [0.05, 0.1) is 10.7 Å². The van der Waals surface area contributed by atoms with E-state index in [2.05, 4.69) is 10.3 Å². The zero-order chi connectivity index (χ0) is 16.6. The molecule has 5 heteroatoms. The summed E-state index contributed by atoms with van der Waals surface area (Å²) in [7, 11) is 0.